The molecule has 0 fully saturated rings. The van der Waals surface area contributed by atoms with Crippen molar-refractivity contribution in [3.8, 4) is 0 Å². The molecule has 0 N–H and O–H groups in total. The van der Waals surface area contributed by atoms with Crippen LogP contribution in [-0.4, -0.2) is 70.0 Å². The topological polar surface area (TPSA) is 111 Å². The third-order valence-corrected chi connectivity index (χ3v) is 10.3. The molecule has 0 spiro atoms. The second kappa shape index (κ2) is 39.9. The Hall–Kier alpha value is -2.55. The Bertz CT molecular complexity index is 1200. The number of likely N-dealkylation sites (N-methyl/N-ethyl adjacent to an activating group) is 1. The lowest BCUT2D eigenvalue weighted by Gasteiger charge is -2.28. The third-order valence-electron chi connectivity index (χ3n) is 9.36. The van der Waals surface area contributed by atoms with Crippen molar-refractivity contribution in [3.05, 3.63) is 73.4 Å². The predicted octanol–water partition coefficient (Wildman–Crippen LogP) is 12.4. The number of unbranched alkanes of at least 4 members (excludes halogenated alkanes) is 16. The Morgan fingerprint density at radius 3 is 1.52 bits per heavy atom. The van der Waals surface area contributed by atoms with E-state index < -0.39 is 32.5 Å². The van der Waals surface area contributed by atoms with Crippen LogP contribution in [0.1, 0.15) is 167 Å². The smallest absolute Gasteiger partial charge is 0.306 e. The van der Waals surface area contributed by atoms with Crippen molar-refractivity contribution < 1.29 is 42.1 Å². The van der Waals surface area contributed by atoms with Gasteiger partial charge in [0.1, 0.15) is 19.8 Å². The minimum Gasteiger partial charge on any atom is -0.756 e. The maximum absolute atomic E-state index is 12.7. The van der Waals surface area contributed by atoms with E-state index in [1.165, 1.54) is 64.2 Å². The zero-order valence-electron chi connectivity index (χ0n) is 37.3. The summed E-state index contributed by atoms with van der Waals surface area (Å²) in [6.45, 7) is 5.58. The van der Waals surface area contributed by atoms with Crippen LogP contribution in [0.5, 0.6) is 0 Å². The molecule has 0 aliphatic rings. The Kier molecular flexibility index (Phi) is 38.1. The van der Waals surface area contributed by atoms with Gasteiger partial charge in [0.15, 0.2) is 6.10 Å². The molecule has 0 saturated heterocycles. The van der Waals surface area contributed by atoms with Crippen LogP contribution in [0.25, 0.3) is 0 Å². The third kappa shape index (κ3) is 43.0. The maximum atomic E-state index is 12.7. The lowest BCUT2D eigenvalue weighted by atomic mass is 10.0. The Morgan fingerprint density at radius 2 is 1.02 bits per heavy atom. The number of carbonyl (C=O) groups excluding carboxylic acids is 2. The SMILES string of the molecule is C=CCCCCCCCCCCCCCCCC(=O)OC[C@H](COP(=O)([O-])OCC[N+](C)(C)C)OC(=O)CCCCC/C=C/C/C=C/C/C=C/C/C=C/C/C=C/CC. The number of phosphoric ester groups is 1. The number of carbonyl (C=O) groups is 2. The predicted molar refractivity (Wildman–Crippen MR) is 240 cm³/mol. The molecule has 10 heteroatoms. The van der Waals surface area contributed by atoms with Crippen molar-refractivity contribution in [1.29, 1.82) is 0 Å². The first kappa shape index (κ1) is 55.5. The molecule has 0 aromatic carbocycles. The molecule has 58 heavy (non-hydrogen) atoms. The second-order valence-corrected chi connectivity index (χ2v) is 17.5. The molecule has 0 saturated carbocycles. The number of allylic oxidation sites excluding steroid dienone is 11. The zero-order valence-corrected chi connectivity index (χ0v) is 38.2. The van der Waals surface area contributed by atoms with Gasteiger partial charge in [-0.25, -0.2) is 0 Å². The summed E-state index contributed by atoms with van der Waals surface area (Å²) < 4.78 is 33.9. The van der Waals surface area contributed by atoms with Gasteiger partial charge in [-0.3, -0.25) is 14.2 Å². The summed E-state index contributed by atoms with van der Waals surface area (Å²) in [7, 11) is 1.13. The van der Waals surface area contributed by atoms with Crippen LogP contribution in [0.4, 0.5) is 0 Å². The highest BCUT2D eigenvalue weighted by atomic mass is 31.2. The number of rotatable bonds is 41. The molecule has 0 bridgehead atoms. The fourth-order valence-electron chi connectivity index (χ4n) is 5.84. The summed E-state index contributed by atoms with van der Waals surface area (Å²) in [5.74, 6) is -0.879. The number of ether oxygens (including phenoxy) is 2. The monoisotopic (exact) mass is 834 g/mol. The molecule has 0 heterocycles. The van der Waals surface area contributed by atoms with Crippen molar-refractivity contribution in [1.82, 2.24) is 0 Å². The van der Waals surface area contributed by atoms with Crippen LogP contribution < -0.4 is 4.89 Å². The first-order valence-corrected chi connectivity index (χ1v) is 24.1. The minimum absolute atomic E-state index is 0.0414. The Balaban J connectivity index is 4.41. The van der Waals surface area contributed by atoms with E-state index in [1.807, 2.05) is 27.2 Å². The van der Waals surface area contributed by atoms with Gasteiger partial charge in [-0.2, -0.15) is 0 Å². The van der Waals surface area contributed by atoms with E-state index in [2.05, 4.69) is 74.3 Å². The quantitative estimate of drug-likeness (QED) is 0.0197. The Morgan fingerprint density at radius 1 is 0.586 bits per heavy atom. The fraction of sp³-hybridized carbons (Fsp3) is 0.708. The average molecular weight is 834 g/mol. The van der Waals surface area contributed by atoms with E-state index in [0.717, 1.165) is 77.0 Å². The van der Waals surface area contributed by atoms with Crippen LogP contribution >= 0.6 is 7.82 Å². The largest absolute Gasteiger partial charge is 0.756 e. The maximum Gasteiger partial charge on any atom is 0.306 e. The summed E-state index contributed by atoms with van der Waals surface area (Å²) in [5, 5.41) is 0. The standard InChI is InChI=1S/C48H84NO8P/c1-6-8-10-12-14-16-18-20-22-23-24-25-27-29-31-33-35-37-39-41-48(51)57-46(45-56-58(52,53)55-43-42-49(3,4)5)44-54-47(50)40-38-36-34-32-30-28-26-21-19-17-15-13-11-9-7-2/h7-8,10,14,16,20,22,24-25,29,31,46H,2,6,9,11-13,15,17-19,21,23,26-28,30,32-45H2,1,3-5H3/b10-8+,16-14+,22-20+,25-24+,31-29+/t46-/m1/s1. The molecule has 334 valence electrons. The molecule has 0 rings (SSSR count). The van der Waals surface area contributed by atoms with Gasteiger partial charge in [-0.15, -0.1) is 6.58 Å². The van der Waals surface area contributed by atoms with Gasteiger partial charge in [0, 0.05) is 12.8 Å². The first-order chi connectivity index (χ1) is 28.0. The van der Waals surface area contributed by atoms with Gasteiger partial charge in [0.25, 0.3) is 7.82 Å². The summed E-state index contributed by atoms with van der Waals surface area (Å²) in [6.07, 6.45) is 48.2. The van der Waals surface area contributed by atoms with Crippen LogP contribution in [0.15, 0.2) is 73.4 Å². The van der Waals surface area contributed by atoms with Gasteiger partial charge in [0.05, 0.1) is 27.7 Å². The summed E-state index contributed by atoms with van der Waals surface area (Å²) >= 11 is 0. The normalized spacial score (nSPS) is 14.0. The van der Waals surface area contributed by atoms with E-state index in [9.17, 15) is 19.0 Å². The molecule has 0 aliphatic carbocycles. The molecule has 2 atom stereocenters. The summed E-state index contributed by atoms with van der Waals surface area (Å²) in [5.41, 5.74) is 0. The van der Waals surface area contributed by atoms with Gasteiger partial charge < -0.3 is 27.9 Å². The number of nitrogens with zero attached hydrogens (tertiary/aromatic N) is 1. The zero-order chi connectivity index (χ0) is 42.8. The van der Waals surface area contributed by atoms with E-state index in [4.69, 9.17) is 18.5 Å². The van der Waals surface area contributed by atoms with E-state index in [0.29, 0.717) is 17.4 Å². The molecule has 1 unspecified atom stereocenters. The number of hydrogen-bond donors (Lipinski definition) is 0. The number of esters is 2. The first-order valence-electron chi connectivity index (χ1n) is 22.6. The highest BCUT2D eigenvalue weighted by Gasteiger charge is 2.21. The molecule has 9 nitrogen and oxygen atoms in total. The molecule has 0 amide bonds. The van der Waals surface area contributed by atoms with Crippen molar-refractivity contribution in [2.24, 2.45) is 0 Å². The molecular weight excluding hydrogens is 750 g/mol. The summed E-state index contributed by atoms with van der Waals surface area (Å²) in [4.78, 5) is 37.6. The van der Waals surface area contributed by atoms with E-state index in [-0.39, 0.29) is 26.1 Å². The van der Waals surface area contributed by atoms with Gasteiger partial charge in [-0.1, -0.05) is 151 Å². The van der Waals surface area contributed by atoms with Crippen molar-refractivity contribution in [3.63, 3.8) is 0 Å². The average Bonchev–Trinajstić information content (AvgIpc) is 3.17. The van der Waals surface area contributed by atoms with Gasteiger partial charge in [-0.05, 0) is 70.6 Å². The highest BCUT2D eigenvalue weighted by molar-refractivity contribution is 7.45. The lowest BCUT2D eigenvalue weighted by molar-refractivity contribution is -0.870. The molecule has 0 aliphatic heterocycles. The van der Waals surface area contributed by atoms with Crippen LogP contribution in [0, 0.1) is 0 Å². The number of hydrogen-bond acceptors (Lipinski definition) is 8. The minimum atomic E-state index is -4.64. The Labute approximate surface area is 355 Å². The van der Waals surface area contributed by atoms with E-state index in [1.54, 1.807) is 0 Å². The number of quaternary nitrogens is 1. The molecule has 0 radical (unpaired) electrons. The van der Waals surface area contributed by atoms with Crippen molar-refractivity contribution in [2.45, 2.75) is 174 Å². The molecular formula is C48H84NO8P. The lowest BCUT2D eigenvalue weighted by Crippen LogP contribution is -2.37. The fourth-order valence-corrected chi connectivity index (χ4v) is 6.57. The highest BCUT2D eigenvalue weighted by Crippen LogP contribution is 2.38. The van der Waals surface area contributed by atoms with Crippen LogP contribution in [0.2, 0.25) is 0 Å². The van der Waals surface area contributed by atoms with Crippen LogP contribution in [0.3, 0.4) is 0 Å². The van der Waals surface area contributed by atoms with Crippen molar-refractivity contribution >= 4 is 19.8 Å². The van der Waals surface area contributed by atoms with E-state index >= 15 is 0 Å². The molecule has 0 aromatic heterocycles. The summed E-state index contributed by atoms with van der Waals surface area (Å²) in [6, 6.07) is 0. The second-order valence-electron chi connectivity index (χ2n) is 16.1. The molecule has 0 aromatic rings. The number of phosphoric acid groups is 1. The van der Waals surface area contributed by atoms with Gasteiger partial charge >= 0.3 is 11.9 Å². The van der Waals surface area contributed by atoms with Gasteiger partial charge in [0.2, 0.25) is 0 Å². The van der Waals surface area contributed by atoms with Crippen LogP contribution in [-0.2, 0) is 32.7 Å². The van der Waals surface area contributed by atoms with Crippen molar-refractivity contribution in [2.75, 3.05) is 47.5 Å².